The lowest BCUT2D eigenvalue weighted by atomic mass is 10.3. The zero-order valence-electron chi connectivity index (χ0n) is 8.11. The van der Waals surface area contributed by atoms with Crippen LogP contribution in [0.2, 0.25) is 0 Å². The molecule has 0 saturated heterocycles. The molecule has 0 aromatic carbocycles. The minimum atomic E-state index is -0.104. The van der Waals surface area contributed by atoms with Gasteiger partial charge in [-0.3, -0.25) is 4.79 Å². The Bertz CT molecular complexity index is 530. The van der Waals surface area contributed by atoms with E-state index in [1.165, 1.54) is 4.68 Å². The maximum absolute atomic E-state index is 11.5. The van der Waals surface area contributed by atoms with Gasteiger partial charge in [-0.25, -0.2) is 4.68 Å². The summed E-state index contributed by atoms with van der Waals surface area (Å²) >= 11 is 3.20. The quantitative estimate of drug-likeness (QED) is 0.837. The zero-order chi connectivity index (χ0) is 10.8. The lowest BCUT2D eigenvalue weighted by molar-refractivity contribution is 0.534. The van der Waals surface area contributed by atoms with E-state index < -0.39 is 0 Å². The number of hydrogen-bond acceptors (Lipinski definition) is 3. The van der Waals surface area contributed by atoms with Crippen molar-refractivity contribution in [3.05, 3.63) is 50.7 Å². The molecule has 0 unspecified atom stereocenters. The van der Waals surface area contributed by atoms with E-state index >= 15 is 0 Å². The lowest BCUT2D eigenvalue weighted by Crippen LogP contribution is -2.22. The molecule has 0 saturated carbocycles. The van der Waals surface area contributed by atoms with Crippen molar-refractivity contribution >= 4 is 15.9 Å². The summed E-state index contributed by atoms with van der Waals surface area (Å²) < 4.78 is 7.12. The van der Waals surface area contributed by atoms with Crippen molar-refractivity contribution in [3.8, 4) is 0 Å². The fourth-order valence-corrected chi connectivity index (χ4v) is 1.63. The first-order chi connectivity index (χ1) is 7.15. The van der Waals surface area contributed by atoms with Gasteiger partial charge in [-0.15, -0.1) is 0 Å². The molecule has 78 valence electrons. The molecular formula is C10H9BrN2O2. The molecule has 0 amide bonds. The largest absolute Gasteiger partial charge is 0.457 e. The molecule has 0 N–H and O–H groups in total. The zero-order valence-corrected chi connectivity index (χ0v) is 9.69. The predicted molar refractivity (Wildman–Crippen MR) is 58.7 cm³/mol. The third-order valence-corrected chi connectivity index (χ3v) is 2.38. The van der Waals surface area contributed by atoms with Crippen molar-refractivity contribution in [2.75, 3.05) is 0 Å². The van der Waals surface area contributed by atoms with Crippen LogP contribution in [0.25, 0.3) is 0 Å². The van der Waals surface area contributed by atoms with E-state index in [9.17, 15) is 4.79 Å². The van der Waals surface area contributed by atoms with Crippen molar-refractivity contribution in [2.24, 2.45) is 0 Å². The summed E-state index contributed by atoms with van der Waals surface area (Å²) in [5, 5.41) is 4.03. The average Bonchev–Trinajstić information content (AvgIpc) is 2.56. The molecule has 0 bridgehead atoms. The van der Waals surface area contributed by atoms with Crippen LogP contribution in [0.3, 0.4) is 0 Å². The van der Waals surface area contributed by atoms with E-state index in [-0.39, 0.29) is 5.56 Å². The Morgan fingerprint density at radius 1 is 1.53 bits per heavy atom. The summed E-state index contributed by atoms with van der Waals surface area (Å²) in [6.45, 7) is 2.27. The SMILES string of the molecule is Cc1cnn(Cc2coc(Br)c2)c(=O)c1. The van der Waals surface area contributed by atoms with Crippen LogP contribution in [0.1, 0.15) is 11.1 Å². The number of furan rings is 1. The summed E-state index contributed by atoms with van der Waals surface area (Å²) in [5.74, 6) is 0. The molecule has 2 aromatic heterocycles. The first-order valence-electron chi connectivity index (χ1n) is 4.42. The predicted octanol–water partition coefficient (Wildman–Crippen LogP) is 1.96. The van der Waals surface area contributed by atoms with Gasteiger partial charge in [0.1, 0.15) is 0 Å². The summed E-state index contributed by atoms with van der Waals surface area (Å²) in [4.78, 5) is 11.5. The molecule has 15 heavy (non-hydrogen) atoms. The van der Waals surface area contributed by atoms with Crippen LogP contribution in [0.5, 0.6) is 0 Å². The highest BCUT2D eigenvalue weighted by atomic mass is 79.9. The van der Waals surface area contributed by atoms with Gasteiger partial charge in [-0.2, -0.15) is 5.10 Å². The standard InChI is InChI=1S/C10H9BrN2O2/c1-7-2-10(14)13(12-4-7)5-8-3-9(11)15-6-8/h2-4,6H,5H2,1H3. The van der Waals surface area contributed by atoms with Crippen LogP contribution >= 0.6 is 15.9 Å². The van der Waals surface area contributed by atoms with Crippen molar-refractivity contribution in [3.63, 3.8) is 0 Å². The molecule has 2 heterocycles. The molecular weight excluding hydrogens is 260 g/mol. The van der Waals surface area contributed by atoms with E-state index in [0.717, 1.165) is 11.1 Å². The van der Waals surface area contributed by atoms with E-state index in [2.05, 4.69) is 21.0 Å². The molecule has 0 fully saturated rings. The maximum atomic E-state index is 11.5. The minimum absolute atomic E-state index is 0.104. The Labute approximate surface area is 94.7 Å². The molecule has 0 aliphatic carbocycles. The first kappa shape index (κ1) is 10.2. The van der Waals surface area contributed by atoms with Gasteiger partial charge in [-0.1, -0.05) is 0 Å². The topological polar surface area (TPSA) is 48.0 Å². The van der Waals surface area contributed by atoms with E-state index in [4.69, 9.17) is 4.42 Å². The van der Waals surface area contributed by atoms with Gasteiger partial charge >= 0.3 is 0 Å². The lowest BCUT2D eigenvalue weighted by Gasteiger charge is -2.01. The highest BCUT2D eigenvalue weighted by molar-refractivity contribution is 9.10. The van der Waals surface area contributed by atoms with Crippen LogP contribution in [0.4, 0.5) is 0 Å². The molecule has 5 heteroatoms. The molecule has 0 atom stereocenters. The van der Waals surface area contributed by atoms with Crippen LogP contribution in [-0.4, -0.2) is 9.78 Å². The van der Waals surface area contributed by atoms with Crippen LogP contribution in [0.15, 0.2) is 38.5 Å². The minimum Gasteiger partial charge on any atom is -0.457 e. The Morgan fingerprint density at radius 3 is 2.93 bits per heavy atom. The molecule has 2 rings (SSSR count). The first-order valence-corrected chi connectivity index (χ1v) is 5.21. The number of rotatable bonds is 2. The van der Waals surface area contributed by atoms with Crippen LogP contribution < -0.4 is 5.56 Å². The highest BCUT2D eigenvalue weighted by Gasteiger charge is 2.02. The number of aryl methyl sites for hydroxylation is 1. The fourth-order valence-electron chi connectivity index (χ4n) is 1.24. The van der Waals surface area contributed by atoms with Gasteiger partial charge in [0.2, 0.25) is 0 Å². The van der Waals surface area contributed by atoms with Gasteiger partial charge in [0.25, 0.3) is 5.56 Å². The molecule has 0 radical (unpaired) electrons. The van der Waals surface area contributed by atoms with Crippen molar-refractivity contribution in [2.45, 2.75) is 13.5 Å². The van der Waals surface area contributed by atoms with Crippen molar-refractivity contribution in [1.29, 1.82) is 0 Å². The Morgan fingerprint density at radius 2 is 2.33 bits per heavy atom. The second-order valence-corrected chi connectivity index (χ2v) is 4.07. The second kappa shape index (κ2) is 4.02. The maximum Gasteiger partial charge on any atom is 0.267 e. The summed E-state index contributed by atoms with van der Waals surface area (Å²) in [6, 6.07) is 3.37. The third kappa shape index (κ3) is 2.36. The fraction of sp³-hybridized carbons (Fsp3) is 0.200. The average molecular weight is 269 g/mol. The number of hydrogen-bond donors (Lipinski definition) is 0. The number of halogens is 1. The molecule has 0 spiro atoms. The Kier molecular flexibility index (Phi) is 2.73. The number of nitrogens with zero attached hydrogens (tertiary/aromatic N) is 2. The van der Waals surface area contributed by atoms with E-state index in [0.29, 0.717) is 11.2 Å². The van der Waals surface area contributed by atoms with Crippen molar-refractivity contribution < 1.29 is 4.42 Å². The van der Waals surface area contributed by atoms with Gasteiger partial charge in [0.15, 0.2) is 4.67 Å². The normalized spacial score (nSPS) is 10.5. The van der Waals surface area contributed by atoms with Crippen LogP contribution in [-0.2, 0) is 6.54 Å². The van der Waals surface area contributed by atoms with Crippen LogP contribution in [0, 0.1) is 6.92 Å². The summed E-state index contributed by atoms with van der Waals surface area (Å²) in [6.07, 6.45) is 3.26. The van der Waals surface area contributed by atoms with Gasteiger partial charge in [0, 0.05) is 11.6 Å². The molecule has 4 nitrogen and oxygen atoms in total. The summed E-state index contributed by atoms with van der Waals surface area (Å²) in [5.41, 5.74) is 1.66. The Hall–Kier alpha value is -1.36. The molecule has 2 aromatic rings. The summed E-state index contributed by atoms with van der Waals surface area (Å²) in [7, 11) is 0. The van der Waals surface area contributed by atoms with E-state index in [1.807, 2.05) is 13.0 Å². The van der Waals surface area contributed by atoms with Crippen molar-refractivity contribution in [1.82, 2.24) is 9.78 Å². The van der Waals surface area contributed by atoms with E-state index in [1.54, 1.807) is 18.5 Å². The smallest absolute Gasteiger partial charge is 0.267 e. The molecule has 0 aliphatic rings. The van der Waals surface area contributed by atoms with Gasteiger partial charge < -0.3 is 4.42 Å². The molecule has 0 aliphatic heterocycles. The second-order valence-electron chi connectivity index (χ2n) is 3.29. The monoisotopic (exact) mass is 268 g/mol. The van der Waals surface area contributed by atoms with Gasteiger partial charge in [0.05, 0.1) is 19.0 Å². The number of aromatic nitrogens is 2. The Balaban J connectivity index is 2.28. The van der Waals surface area contributed by atoms with Gasteiger partial charge in [-0.05, 0) is 34.5 Å². The highest BCUT2D eigenvalue weighted by Crippen LogP contribution is 2.14. The third-order valence-electron chi connectivity index (χ3n) is 1.96.